The van der Waals surface area contributed by atoms with Crippen LogP contribution in [0.15, 0.2) is 67.0 Å². The molecular formula is C20H14N2O3S. The number of para-hydroxylation sites is 1. The summed E-state index contributed by atoms with van der Waals surface area (Å²) in [7, 11) is 1.34. The predicted octanol–water partition coefficient (Wildman–Crippen LogP) is 4.94. The minimum Gasteiger partial charge on any atom is -0.465 e. The third-order valence-electron chi connectivity index (χ3n) is 3.85. The largest absolute Gasteiger partial charge is 0.465 e. The lowest BCUT2D eigenvalue weighted by molar-refractivity contribution is 0.0598. The first kappa shape index (κ1) is 16.2. The highest BCUT2D eigenvalue weighted by Crippen LogP contribution is 2.37. The van der Waals surface area contributed by atoms with Crippen LogP contribution in [-0.2, 0) is 4.74 Å². The molecule has 0 radical (unpaired) electrons. The van der Waals surface area contributed by atoms with Crippen molar-refractivity contribution < 1.29 is 14.3 Å². The Morgan fingerprint density at radius 1 is 1.00 bits per heavy atom. The van der Waals surface area contributed by atoms with Crippen LogP contribution in [0.5, 0.6) is 11.6 Å². The second kappa shape index (κ2) is 6.93. The number of rotatable bonds is 4. The number of carbonyl (C=O) groups is 1. The topological polar surface area (TPSA) is 61.3 Å². The summed E-state index contributed by atoms with van der Waals surface area (Å²) in [4.78, 5) is 22.4. The first-order valence-corrected chi connectivity index (χ1v) is 8.73. The van der Waals surface area contributed by atoms with Crippen molar-refractivity contribution in [1.29, 1.82) is 0 Å². The van der Waals surface area contributed by atoms with E-state index < -0.39 is 5.97 Å². The van der Waals surface area contributed by atoms with E-state index in [0.29, 0.717) is 17.2 Å². The Kier molecular flexibility index (Phi) is 4.33. The van der Waals surface area contributed by atoms with Crippen LogP contribution in [0.2, 0.25) is 0 Å². The summed E-state index contributed by atoms with van der Waals surface area (Å²) in [5.41, 5.74) is 1.46. The lowest BCUT2D eigenvalue weighted by Crippen LogP contribution is -2.03. The number of carbonyl (C=O) groups excluding carboxylic acids is 1. The van der Waals surface area contributed by atoms with Gasteiger partial charge in [-0.05, 0) is 23.8 Å². The number of esters is 1. The zero-order valence-corrected chi connectivity index (χ0v) is 14.7. The Balaban J connectivity index is 1.77. The standard InChI is InChI=1S/C20H14N2O3S/c1-24-20(23)14-9-5-6-10-16(14)25-18-15-11-17(13-7-3-2-4-8-13)26-19(15)22-12-21-18/h2-12H,1H3. The van der Waals surface area contributed by atoms with Crippen molar-refractivity contribution in [2.24, 2.45) is 0 Å². The van der Waals surface area contributed by atoms with E-state index >= 15 is 0 Å². The molecule has 0 saturated heterocycles. The van der Waals surface area contributed by atoms with Crippen LogP contribution in [0.3, 0.4) is 0 Å². The molecule has 0 amide bonds. The van der Waals surface area contributed by atoms with Crippen LogP contribution in [-0.4, -0.2) is 23.0 Å². The molecule has 4 rings (SSSR count). The van der Waals surface area contributed by atoms with Gasteiger partial charge in [0, 0.05) is 4.88 Å². The number of nitrogens with zero attached hydrogens (tertiary/aromatic N) is 2. The van der Waals surface area contributed by atoms with Crippen molar-refractivity contribution in [1.82, 2.24) is 9.97 Å². The summed E-state index contributed by atoms with van der Waals surface area (Å²) >= 11 is 1.57. The summed E-state index contributed by atoms with van der Waals surface area (Å²) in [5.74, 6) is 0.345. The molecule has 26 heavy (non-hydrogen) atoms. The fourth-order valence-corrected chi connectivity index (χ4v) is 3.59. The van der Waals surface area contributed by atoms with Gasteiger partial charge in [-0.1, -0.05) is 42.5 Å². The van der Waals surface area contributed by atoms with Crippen LogP contribution in [0.25, 0.3) is 20.7 Å². The minimum absolute atomic E-state index is 0.347. The van der Waals surface area contributed by atoms with Gasteiger partial charge in [-0.2, -0.15) is 0 Å². The highest BCUT2D eigenvalue weighted by atomic mass is 32.1. The number of hydrogen-bond acceptors (Lipinski definition) is 6. The summed E-state index contributed by atoms with van der Waals surface area (Å²) in [6, 6.07) is 19.0. The molecule has 0 fully saturated rings. The van der Waals surface area contributed by atoms with Gasteiger partial charge in [0.15, 0.2) is 0 Å². The molecule has 6 heteroatoms. The molecule has 0 saturated carbocycles. The summed E-state index contributed by atoms with van der Waals surface area (Å²) in [6.07, 6.45) is 1.46. The second-order valence-electron chi connectivity index (χ2n) is 5.46. The van der Waals surface area contributed by atoms with Crippen LogP contribution in [0.1, 0.15) is 10.4 Å². The zero-order chi connectivity index (χ0) is 17.9. The normalized spacial score (nSPS) is 10.7. The van der Waals surface area contributed by atoms with Crippen molar-refractivity contribution in [3.8, 4) is 22.1 Å². The average molecular weight is 362 g/mol. The fourth-order valence-electron chi connectivity index (χ4n) is 2.60. The van der Waals surface area contributed by atoms with E-state index in [2.05, 4.69) is 9.97 Å². The summed E-state index contributed by atoms with van der Waals surface area (Å²) in [6.45, 7) is 0. The van der Waals surface area contributed by atoms with Gasteiger partial charge < -0.3 is 9.47 Å². The smallest absolute Gasteiger partial charge is 0.341 e. The molecule has 0 atom stereocenters. The molecule has 0 bridgehead atoms. The fraction of sp³-hybridized carbons (Fsp3) is 0.0500. The van der Waals surface area contributed by atoms with Gasteiger partial charge in [0.25, 0.3) is 0 Å². The molecule has 5 nitrogen and oxygen atoms in total. The maximum absolute atomic E-state index is 11.9. The molecule has 0 unspecified atom stereocenters. The molecular weight excluding hydrogens is 348 g/mol. The van der Waals surface area contributed by atoms with E-state index in [1.54, 1.807) is 35.6 Å². The Labute approximate surface area is 153 Å². The third-order valence-corrected chi connectivity index (χ3v) is 4.94. The zero-order valence-electron chi connectivity index (χ0n) is 13.9. The number of ether oxygens (including phenoxy) is 2. The van der Waals surface area contributed by atoms with Crippen LogP contribution in [0.4, 0.5) is 0 Å². The number of methoxy groups -OCH3 is 1. The summed E-state index contributed by atoms with van der Waals surface area (Å²) < 4.78 is 10.8. The molecule has 0 spiro atoms. The molecule has 0 aliphatic carbocycles. The van der Waals surface area contributed by atoms with Gasteiger partial charge in [-0.3, -0.25) is 0 Å². The molecule has 2 aromatic carbocycles. The maximum atomic E-state index is 11.9. The first-order valence-electron chi connectivity index (χ1n) is 7.91. The Hall–Kier alpha value is -3.25. The number of aromatic nitrogens is 2. The van der Waals surface area contributed by atoms with Gasteiger partial charge >= 0.3 is 5.97 Å². The van der Waals surface area contributed by atoms with E-state index in [0.717, 1.165) is 20.7 Å². The molecule has 4 aromatic rings. The van der Waals surface area contributed by atoms with Gasteiger partial charge in [-0.25, -0.2) is 14.8 Å². The number of fused-ring (bicyclic) bond motifs is 1. The van der Waals surface area contributed by atoms with Crippen molar-refractivity contribution in [3.63, 3.8) is 0 Å². The number of thiophene rings is 1. The average Bonchev–Trinajstić information content (AvgIpc) is 3.14. The van der Waals surface area contributed by atoms with Gasteiger partial charge in [-0.15, -0.1) is 11.3 Å². The van der Waals surface area contributed by atoms with Crippen molar-refractivity contribution in [2.45, 2.75) is 0 Å². The van der Waals surface area contributed by atoms with Crippen molar-refractivity contribution in [2.75, 3.05) is 7.11 Å². The van der Waals surface area contributed by atoms with E-state index in [4.69, 9.17) is 9.47 Å². The van der Waals surface area contributed by atoms with Crippen LogP contribution < -0.4 is 4.74 Å². The molecule has 0 aliphatic heterocycles. The van der Waals surface area contributed by atoms with Crippen molar-refractivity contribution in [3.05, 3.63) is 72.6 Å². The quantitative estimate of drug-likeness (QED) is 0.481. The molecule has 0 aliphatic rings. The summed E-state index contributed by atoms with van der Waals surface area (Å²) in [5, 5.41) is 0.802. The van der Waals surface area contributed by atoms with E-state index in [1.165, 1.54) is 13.4 Å². The van der Waals surface area contributed by atoms with Gasteiger partial charge in [0.2, 0.25) is 5.88 Å². The van der Waals surface area contributed by atoms with E-state index in [1.807, 2.05) is 36.4 Å². The molecule has 128 valence electrons. The SMILES string of the molecule is COC(=O)c1ccccc1Oc1ncnc2sc(-c3ccccc3)cc12. The minimum atomic E-state index is -0.457. The Morgan fingerprint density at radius 2 is 1.77 bits per heavy atom. The monoisotopic (exact) mass is 362 g/mol. The van der Waals surface area contributed by atoms with Crippen LogP contribution in [0, 0.1) is 0 Å². The lowest BCUT2D eigenvalue weighted by Gasteiger charge is -2.09. The molecule has 0 N–H and O–H groups in total. The lowest BCUT2D eigenvalue weighted by atomic mass is 10.2. The number of hydrogen-bond donors (Lipinski definition) is 0. The van der Waals surface area contributed by atoms with E-state index in [-0.39, 0.29) is 0 Å². The third kappa shape index (κ3) is 3.02. The van der Waals surface area contributed by atoms with Gasteiger partial charge in [0.1, 0.15) is 22.5 Å². The molecule has 2 heterocycles. The van der Waals surface area contributed by atoms with Crippen molar-refractivity contribution >= 4 is 27.5 Å². The van der Waals surface area contributed by atoms with Gasteiger partial charge in [0.05, 0.1) is 12.5 Å². The Morgan fingerprint density at radius 3 is 2.58 bits per heavy atom. The van der Waals surface area contributed by atoms with E-state index in [9.17, 15) is 4.79 Å². The highest BCUT2D eigenvalue weighted by Gasteiger charge is 2.16. The predicted molar refractivity (Wildman–Crippen MR) is 101 cm³/mol. The number of benzene rings is 2. The highest BCUT2D eigenvalue weighted by molar-refractivity contribution is 7.21. The Bertz CT molecular complexity index is 1080. The second-order valence-corrected chi connectivity index (χ2v) is 6.49. The molecule has 2 aromatic heterocycles. The maximum Gasteiger partial charge on any atom is 0.341 e. The van der Waals surface area contributed by atoms with Crippen LogP contribution >= 0.6 is 11.3 Å². The first-order chi connectivity index (χ1) is 12.8.